The molecule has 0 spiro atoms. The fraction of sp³-hybridized carbons (Fsp3) is 0.400. The number of carbonyl (C=O) groups is 1. The van der Waals surface area contributed by atoms with Crippen molar-refractivity contribution in [2.45, 2.75) is 38.0 Å². The summed E-state index contributed by atoms with van der Waals surface area (Å²) in [5, 5.41) is 15.4. The number of piperidine rings is 1. The van der Waals surface area contributed by atoms with Crippen molar-refractivity contribution >= 4 is 41.0 Å². The summed E-state index contributed by atoms with van der Waals surface area (Å²) in [5.74, 6) is 0.962. The minimum atomic E-state index is -0.269. The van der Waals surface area contributed by atoms with Crippen LogP contribution in [0.5, 0.6) is 0 Å². The summed E-state index contributed by atoms with van der Waals surface area (Å²) in [4.78, 5) is 19.6. The van der Waals surface area contributed by atoms with Gasteiger partial charge in [-0.25, -0.2) is 9.78 Å². The molecule has 2 fully saturated rings. The zero-order chi connectivity index (χ0) is 20.7. The van der Waals surface area contributed by atoms with E-state index < -0.39 is 0 Å². The number of nitrogens with zero attached hydrogens (tertiary/aromatic N) is 5. The Balaban J connectivity index is 1.40. The van der Waals surface area contributed by atoms with Gasteiger partial charge in [-0.1, -0.05) is 23.2 Å². The first-order valence-corrected chi connectivity index (χ1v) is 10.9. The lowest BCUT2D eigenvalue weighted by molar-refractivity contribution is 0.102. The van der Waals surface area contributed by atoms with Crippen LogP contribution in [-0.2, 0) is 0 Å². The molecular weight excluding hydrogens is 425 g/mol. The summed E-state index contributed by atoms with van der Waals surface area (Å²) >= 11 is 12.4. The molecule has 0 atom stereocenters. The summed E-state index contributed by atoms with van der Waals surface area (Å²) in [6.45, 7) is 1.87. The number of carbonyl (C=O) groups excluding carboxylic acids is 1. The summed E-state index contributed by atoms with van der Waals surface area (Å²) in [6.07, 6.45) is 7.10. The SMILES string of the molecule is O=C(Nc1nc(N2CCCCC2)n[nH]1)c1cnn(-c2ccc(Cl)cc2Cl)c1C1CC1. The Labute approximate surface area is 183 Å². The molecule has 1 saturated heterocycles. The maximum absolute atomic E-state index is 13.0. The predicted octanol–water partition coefficient (Wildman–Crippen LogP) is 4.42. The van der Waals surface area contributed by atoms with Crippen LogP contribution in [0.2, 0.25) is 10.0 Å². The predicted molar refractivity (Wildman–Crippen MR) is 116 cm³/mol. The van der Waals surface area contributed by atoms with E-state index in [9.17, 15) is 4.79 Å². The van der Waals surface area contributed by atoms with Gasteiger partial charge in [0.2, 0.25) is 11.9 Å². The molecule has 3 aromatic rings. The zero-order valence-corrected chi connectivity index (χ0v) is 17.7. The van der Waals surface area contributed by atoms with Gasteiger partial charge in [0.15, 0.2) is 0 Å². The number of hydrogen-bond donors (Lipinski definition) is 2. The topological polar surface area (TPSA) is 91.7 Å². The molecule has 0 radical (unpaired) electrons. The van der Waals surface area contributed by atoms with E-state index in [1.165, 1.54) is 6.42 Å². The van der Waals surface area contributed by atoms with Gasteiger partial charge in [-0.2, -0.15) is 10.1 Å². The molecule has 1 aromatic carbocycles. The van der Waals surface area contributed by atoms with Crippen LogP contribution in [0, 0.1) is 0 Å². The molecular formula is C20H21Cl2N7O. The van der Waals surface area contributed by atoms with Crippen LogP contribution in [0.3, 0.4) is 0 Å². The number of rotatable bonds is 5. The number of halogens is 2. The molecule has 2 aliphatic rings. The van der Waals surface area contributed by atoms with Crippen molar-refractivity contribution in [1.82, 2.24) is 25.0 Å². The minimum absolute atomic E-state index is 0.269. The molecule has 1 aliphatic heterocycles. The van der Waals surface area contributed by atoms with E-state index in [2.05, 4.69) is 30.5 Å². The first-order chi connectivity index (χ1) is 14.6. The summed E-state index contributed by atoms with van der Waals surface area (Å²) in [6, 6.07) is 5.25. The number of benzene rings is 1. The third-order valence-electron chi connectivity index (χ3n) is 5.50. The Morgan fingerprint density at radius 1 is 1.17 bits per heavy atom. The van der Waals surface area contributed by atoms with E-state index in [1.807, 2.05) is 6.07 Å². The lowest BCUT2D eigenvalue weighted by Crippen LogP contribution is -2.30. The maximum Gasteiger partial charge on any atom is 0.261 e. The number of H-pyrrole nitrogens is 1. The van der Waals surface area contributed by atoms with E-state index in [0.717, 1.165) is 44.5 Å². The van der Waals surface area contributed by atoms with Crippen LogP contribution in [0.4, 0.5) is 11.9 Å². The molecule has 156 valence electrons. The van der Waals surface area contributed by atoms with Crippen molar-refractivity contribution in [3.63, 3.8) is 0 Å². The monoisotopic (exact) mass is 445 g/mol. The van der Waals surface area contributed by atoms with Gasteiger partial charge < -0.3 is 4.90 Å². The first kappa shape index (κ1) is 19.4. The number of aromatic amines is 1. The van der Waals surface area contributed by atoms with Gasteiger partial charge >= 0.3 is 0 Å². The van der Waals surface area contributed by atoms with Gasteiger partial charge in [-0.3, -0.25) is 10.1 Å². The molecule has 0 unspecified atom stereocenters. The maximum atomic E-state index is 13.0. The van der Waals surface area contributed by atoms with Crippen LogP contribution in [0.1, 0.15) is 54.1 Å². The average Bonchev–Trinajstić information content (AvgIpc) is 3.31. The van der Waals surface area contributed by atoms with Gasteiger partial charge in [0.25, 0.3) is 5.91 Å². The molecule has 1 amide bonds. The molecule has 3 heterocycles. The van der Waals surface area contributed by atoms with Crippen molar-refractivity contribution in [2.24, 2.45) is 0 Å². The number of hydrogen-bond acceptors (Lipinski definition) is 5. The summed E-state index contributed by atoms with van der Waals surface area (Å²) < 4.78 is 1.74. The smallest absolute Gasteiger partial charge is 0.261 e. The summed E-state index contributed by atoms with van der Waals surface area (Å²) in [7, 11) is 0. The van der Waals surface area contributed by atoms with E-state index >= 15 is 0 Å². The third kappa shape index (κ3) is 3.77. The molecule has 5 rings (SSSR count). The van der Waals surface area contributed by atoms with Gasteiger partial charge in [0, 0.05) is 24.0 Å². The lowest BCUT2D eigenvalue weighted by Gasteiger charge is -2.24. The van der Waals surface area contributed by atoms with Crippen LogP contribution < -0.4 is 10.2 Å². The molecule has 10 heteroatoms. The highest BCUT2D eigenvalue weighted by Crippen LogP contribution is 2.43. The van der Waals surface area contributed by atoms with Crippen molar-refractivity contribution < 1.29 is 4.79 Å². The van der Waals surface area contributed by atoms with Crippen molar-refractivity contribution in [1.29, 1.82) is 0 Å². The van der Waals surface area contributed by atoms with Gasteiger partial charge in [-0.15, -0.1) is 5.10 Å². The molecule has 8 nitrogen and oxygen atoms in total. The Morgan fingerprint density at radius 2 is 1.97 bits per heavy atom. The number of aromatic nitrogens is 5. The lowest BCUT2D eigenvalue weighted by atomic mass is 10.1. The van der Waals surface area contributed by atoms with Crippen molar-refractivity contribution in [3.05, 3.63) is 45.7 Å². The van der Waals surface area contributed by atoms with Crippen LogP contribution in [-0.4, -0.2) is 44.0 Å². The van der Waals surface area contributed by atoms with Gasteiger partial charge in [0.1, 0.15) is 0 Å². The standard InChI is InChI=1S/C20H21Cl2N7O/c21-13-6-7-16(15(22)10-13)29-17(12-4-5-12)14(11-23-29)18(30)24-19-25-20(27-26-19)28-8-2-1-3-9-28/h6-7,10-12H,1-5,8-9H2,(H2,24,25,26,27,30). The molecule has 0 bridgehead atoms. The fourth-order valence-corrected chi connectivity index (χ4v) is 4.34. The fourth-order valence-electron chi connectivity index (χ4n) is 3.85. The minimum Gasteiger partial charge on any atom is -0.340 e. The van der Waals surface area contributed by atoms with E-state index in [0.29, 0.717) is 33.2 Å². The molecule has 2 N–H and O–H groups in total. The van der Waals surface area contributed by atoms with Crippen LogP contribution in [0.15, 0.2) is 24.4 Å². The van der Waals surface area contributed by atoms with Gasteiger partial charge in [-0.05, 0) is 50.3 Å². The Morgan fingerprint density at radius 3 is 2.70 bits per heavy atom. The largest absolute Gasteiger partial charge is 0.340 e. The highest BCUT2D eigenvalue weighted by atomic mass is 35.5. The third-order valence-corrected chi connectivity index (χ3v) is 6.04. The molecule has 30 heavy (non-hydrogen) atoms. The van der Waals surface area contributed by atoms with E-state index in [4.69, 9.17) is 23.2 Å². The quantitative estimate of drug-likeness (QED) is 0.606. The zero-order valence-electron chi connectivity index (χ0n) is 16.2. The van der Waals surface area contributed by atoms with Crippen LogP contribution in [0.25, 0.3) is 5.69 Å². The molecule has 2 aromatic heterocycles. The van der Waals surface area contributed by atoms with E-state index in [1.54, 1.807) is 23.0 Å². The average molecular weight is 446 g/mol. The normalized spacial score (nSPS) is 16.7. The molecule has 1 aliphatic carbocycles. The second-order valence-electron chi connectivity index (χ2n) is 7.71. The number of amides is 1. The van der Waals surface area contributed by atoms with Crippen LogP contribution >= 0.6 is 23.2 Å². The molecule has 1 saturated carbocycles. The van der Waals surface area contributed by atoms with Gasteiger partial charge in [0.05, 0.1) is 28.2 Å². The highest BCUT2D eigenvalue weighted by molar-refractivity contribution is 6.35. The second-order valence-corrected chi connectivity index (χ2v) is 8.55. The van der Waals surface area contributed by atoms with Crippen molar-refractivity contribution in [3.8, 4) is 5.69 Å². The Hall–Kier alpha value is -2.58. The second kappa shape index (κ2) is 7.92. The first-order valence-electron chi connectivity index (χ1n) is 10.1. The summed E-state index contributed by atoms with van der Waals surface area (Å²) in [5.41, 5.74) is 2.07. The Bertz CT molecular complexity index is 1080. The number of nitrogens with one attached hydrogen (secondary N) is 2. The number of anilines is 2. The van der Waals surface area contributed by atoms with E-state index in [-0.39, 0.29) is 11.8 Å². The van der Waals surface area contributed by atoms with Crippen molar-refractivity contribution in [2.75, 3.05) is 23.3 Å². The Kier molecular flexibility index (Phi) is 5.12. The highest BCUT2D eigenvalue weighted by Gasteiger charge is 2.33.